The fourth-order valence-electron chi connectivity index (χ4n) is 2.80. The Balaban J connectivity index is 1.54. The predicted octanol–water partition coefficient (Wildman–Crippen LogP) is 3.69. The molecule has 2 aromatic rings. The van der Waals surface area contributed by atoms with Crippen LogP contribution in [0.1, 0.15) is 24.0 Å². The van der Waals surface area contributed by atoms with Crippen LogP contribution in [-0.2, 0) is 4.79 Å². The van der Waals surface area contributed by atoms with Crippen molar-refractivity contribution >= 4 is 23.6 Å². The summed E-state index contributed by atoms with van der Waals surface area (Å²) in [5.74, 6) is 0.317. The zero-order chi connectivity index (χ0) is 18.4. The Morgan fingerprint density at radius 1 is 1.27 bits per heavy atom. The number of aromatic nitrogens is 1. The van der Waals surface area contributed by atoms with E-state index in [0.29, 0.717) is 42.4 Å². The summed E-state index contributed by atoms with van der Waals surface area (Å²) in [4.78, 5) is 18.3. The molecule has 1 saturated heterocycles. The number of hydrogen-bond acceptors (Lipinski definition) is 4. The first-order valence-corrected chi connectivity index (χ1v) is 8.78. The van der Waals surface area contributed by atoms with E-state index in [1.54, 1.807) is 41.4 Å². The van der Waals surface area contributed by atoms with Crippen molar-refractivity contribution in [1.29, 1.82) is 5.26 Å². The second-order valence-corrected chi connectivity index (χ2v) is 6.37. The number of halogens is 1. The fraction of sp³-hybridized carbons (Fsp3) is 0.250. The number of hydrogen-bond donors (Lipinski definition) is 0. The standard InChI is InChI=1S/C20H18ClN3O2/c21-18-6-2-1-4-15(18)7-8-19(25)24-12-9-17(10-13-24)26-20-16(14-22)5-3-11-23-20/h1-8,11,17H,9-10,12-13H2/b8-7+. The number of likely N-dealkylation sites (tertiary alicyclic amines) is 1. The Labute approximate surface area is 157 Å². The third-order valence-electron chi connectivity index (χ3n) is 4.23. The third-order valence-corrected chi connectivity index (χ3v) is 4.58. The van der Waals surface area contributed by atoms with Gasteiger partial charge < -0.3 is 9.64 Å². The number of piperidine rings is 1. The van der Waals surface area contributed by atoms with Gasteiger partial charge in [0.2, 0.25) is 11.8 Å². The molecule has 0 saturated carbocycles. The van der Waals surface area contributed by atoms with Crippen LogP contribution in [0.2, 0.25) is 5.02 Å². The lowest BCUT2D eigenvalue weighted by molar-refractivity contribution is -0.127. The lowest BCUT2D eigenvalue weighted by atomic mass is 10.1. The van der Waals surface area contributed by atoms with Crippen molar-refractivity contribution in [2.45, 2.75) is 18.9 Å². The van der Waals surface area contributed by atoms with Crippen LogP contribution in [0.25, 0.3) is 6.08 Å². The molecule has 132 valence electrons. The maximum Gasteiger partial charge on any atom is 0.246 e. The number of carbonyl (C=O) groups excluding carboxylic acids is 1. The second kappa shape index (κ2) is 8.50. The number of amides is 1. The predicted molar refractivity (Wildman–Crippen MR) is 99.7 cm³/mol. The van der Waals surface area contributed by atoms with Gasteiger partial charge in [0.1, 0.15) is 17.7 Å². The van der Waals surface area contributed by atoms with Crippen LogP contribution < -0.4 is 4.74 Å². The number of nitriles is 1. The molecule has 0 N–H and O–H groups in total. The Kier molecular flexibility index (Phi) is 5.88. The van der Waals surface area contributed by atoms with Crippen molar-refractivity contribution < 1.29 is 9.53 Å². The first-order valence-electron chi connectivity index (χ1n) is 8.40. The van der Waals surface area contributed by atoms with Gasteiger partial charge in [-0.05, 0) is 29.8 Å². The van der Waals surface area contributed by atoms with Gasteiger partial charge >= 0.3 is 0 Å². The van der Waals surface area contributed by atoms with Crippen LogP contribution in [0.15, 0.2) is 48.7 Å². The monoisotopic (exact) mass is 367 g/mol. The molecule has 5 nitrogen and oxygen atoms in total. The Bertz CT molecular complexity index is 852. The molecule has 3 rings (SSSR count). The lowest BCUT2D eigenvalue weighted by Gasteiger charge is -2.31. The van der Waals surface area contributed by atoms with E-state index in [-0.39, 0.29) is 12.0 Å². The van der Waals surface area contributed by atoms with Gasteiger partial charge in [-0.2, -0.15) is 5.26 Å². The SMILES string of the molecule is N#Cc1cccnc1OC1CCN(C(=O)/C=C/c2ccccc2Cl)CC1. The molecule has 1 fully saturated rings. The quantitative estimate of drug-likeness (QED) is 0.773. The number of pyridine rings is 1. The summed E-state index contributed by atoms with van der Waals surface area (Å²) < 4.78 is 5.84. The number of rotatable bonds is 4. The maximum atomic E-state index is 12.3. The molecular weight excluding hydrogens is 350 g/mol. The van der Waals surface area contributed by atoms with Gasteiger partial charge in [0.15, 0.2) is 0 Å². The summed E-state index contributed by atoms with van der Waals surface area (Å²) in [7, 11) is 0. The van der Waals surface area contributed by atoms with E-state index in [2.05, 4.69) is 11.1 Å². The lowest BCUT2D eigenvalue weighted by Crippen LogP contribution is -2.41. The number of benzene rings is 1. The molecular formula is C20H18ClN3O2. The average molecular weight is 368 g/mol. The molecule has 0 atom stereocenters. The van der Waals surface area contributed by atoms with Gasteiger partial charge in [-0.15, -0.1) is 0 Å². The highest BCUT2D eigenvalue weighted by atomic mass is 35.5. The van der Waals surface area contributed by atoms with Gasteiger partial charge in [0.25, 0.3) is 0 Å². The van der Waals surface area contributed by atoms with Crippen molar-refractivity contribution in [2.24, 2.45) is 0 Å². The zero-order valence-corrected chi connectivity index (χ0v) is 14.9. The van der Waals surface area contributed by atoms with Gasteiger partial charge in [0.05, 0.1) is 0 Å². The van der Waals surface area contributed by atoms with Crippen LogP contribution >= 0.6 is 11.6 Å². The largest absolute Gasteiger partial charge is 0.473 e. The molecule has 0 unspecified atom stereocenters. The number of carbonyl (C=O) groups is 1. The average Bonchev–Trinajstić information content (AvgIpc) is 2.68. The molecule has 0 bridgehead atoms. The summed E-state index contributed by atoms with van der Waals surface area (Å²) >= 11 is 6.09. The molecule has 1 amide bonds. The van der Waals surface area contributed by atoms with Crippen molar-refractivity contribution in [2.75, 3.05) is 13.1 Å². The molecule has 0 radical (unpaired) electrons. The molecule has 0 aliphatic carbocycles. The number of nitrogens with zero attached hydrogens (tertiary/aromatic N) is 3. The smallest absolute Gasteiger partial charge is 0.246 e. The summed E-state index contributed by atoms with van der Waals surface area (Å²) in [6.45, 7) is 1.20. The van der Waals surface area contributed by atoms with Gasteiger partial charge in [0, 0.05) is 43.2 Å². The molecule has 6 heteroatoms. The molecule has 0 spiro atoms. The highest BCUT2D eigenvalue weighted by Gasteiger charge is 2.23. The molecule has 1 aliphatic rings. The highest BCUT2D eigenvalue weighted by Crippen LogP contribution is 2.21. The highest BCUT2D eigenvalue weighted by molar-refractivity contribution is 6.32. The van der Waals surface area contributed by atoms with E-state index in [0.717, 1.165) is 5.56 Å². The fourth-order valence-corrected chi connectivity index (χ4v) is 3.00. The molecule has 1 aliphatic heterocycles. The molecule has 26 heavy (non-hydrogen) atoms. The van der Waals surface area contributed by atoms with Gasteiger partial charge in [-0.3, -0.25) is 4.79 Å². The topological polar surface area (TPSA) is 66.2 Å². The van der Waals surface area contributed by atoms with Gasteiger partial charge in [-0.25, -0.2) is 4.98 Å². The van der Waals surface area contributed by atoms with Crippen molar-refractivity contribution in [1.82, 2.24) is 9.88 Å². The van der Waals surface area contributed by atoms with E-state index in [1.165, 1.54) is 0 Å². The third kappa shape index (κ3) is 4.41. The summed E-state index contributed by atoms with van der Waals surface area (Å²) in [6, 6.07) is 12.9. The molecule has 2 heterocycles. The summed E-state index contributed by atoms with van der Waals surface area (Å²) in [6.07, 6.45) is 6.25. The van der Waals surface area contributed by atoms with Crippen LogP contribution in [0.5, 0.6) is 5.88 Å². The Hall–Kier alpha value is -2.84. The summed E-state index contributed by atoms with van der Waals surface area (Å²) in [5.41, 5.74) is 1.24. The van der Waals surface area contributed by atoms with Gasteiger partial charge in [-0.1, -0.05) is 29.8 Å². The normalized spacial score (nSPS) is 15.0. The minimum Gasteiger partial charge on any atom is -0.473 e. The maximum absolute atomic E-state index is 12.3. The minimum atomic E-state index is -0.0476. The number of ether oxygens (including phenoxy) is 1. The Morgan fingerprint density at radius 2 is 2.04 bits per heavy atom. The first kappa shape index (κ1) is 18.0. The zero-order valence-electron chi connectivity index (χ0n) is 14.1. The van der Waals surface area contributed by atoms with E-state index < -0.39 is 0 Å². The first-order chi connectivity index (χ1) is 12.7. The van der Waals surface area contributed by atoms with Crippen LogP contribution in [0.4, 0.5) is 0 Å². The second-order valence-electron chi connectivity index (χ2n) is 5.97. The van der Waals surface area contributed by atoms with Crippen molar-refractivity contribution in [3.8, 4) is 11.9 Å². The van der Waals surface area contributed by atoms with Crippen LogP contribution in [-0.4, -0.2) is 35.0 Å². The van der Waals surface area contributed by atoms with Crippen molar-refractivity contribution in [3.63, 3.8) is 0 Å². The molecule has 1 aromatic heterocycles. The van der Waals surface area contributed by atoms with E-state index in [4.69, 9.17) is 21.6 Å². The van der Waals surface area contributed by atoms with E-state index in [1.807, 2.05) is 18.2 Å². The summed E-state index contributed by atoms with van der Waals surface area (Å²) in [5, 5.41) is 9.71. The van der Waals surface area contributed by atoms with Crippen molar-refractivity contribution in [3.05, 3.63) is 64.8 Å². The van der Waals surface area contributed by atoms with E-state index >= 15 is 0 Å². The van der Waals surface area contributed by atoms with E-state index in [9.17, 15) is 4.79 Å². The Morgan fingerprint density at radius 3 is 2.77 bits per heavy atom. The molecule has 1 aromatic carbocycles. The minimum absolute atomic E-state index is 0.0427. The van der Waals surface area contributed by atoms with Crippen LogP contribution in [0, 0.1) is 11.3 Å². The van der Waals surface area contributed by atoms with Crippen LogP contribution in [0.3, 0.4) is 0 Å².